The van der Waals surface area contributed by atoms with Gasteiger partial charge in [0.05, 0.1) is 23.7 Å². The molecule has 1 fully saturated rings. The Morgan fingerprint density at radius 1 is 1.27 bits per heavy atom. The van der Waals surface area contributed by atoms with Gasteiger partial charge in [-0.3, -0.25) is 4.98 Å². The third-order valence-electron chi connectivity index (χ3n) is 4.65. The molecule has 2 amide bonds. The SMILES string of the molecule is CC(C)S(=O)(=O)N1CCC[C@H](Oc2cc(F)cc(NC(=O)Nc3cccnc3)c2)C1. The van der Waals surface area contributed by atoms with Crippen LogP contribution in [-0.2, 0) is 10.0 Å². The van der Waals surface area contributed by atoms with Crippen molar-refractivity contribution >= 4 is 27.4 Å². The number of rotatable bonds is 6. The van der Waals surface area contributed by atoms with Crippen LogP contribution in [0.2, 0.25) is 0 Å². The second-order valence-corrected chi connectivity index (χ2v) is 9.82. The van der Waals surface area contributed by atoms with Gasteiger partial charge in [0, 0.05) is 30.6 Å². The molecule has 1 atom stereocenters. The molecule has 0 unspecified atom stereocenters. The Labute approximate surface area is 175 Å². The zero-order valence-electron chi connectivity index (χ0n) is 16.8. The maximum Gasteiger partial charge on any atom is 0.323 e. The summed E-state index contributed by atoms with van der Waals surface area (Å²) in [6.45, 7) is 3.94. The maximum atomic E-state index is 14.1. The van der Waals surface area contributed by atoms with E-state index in [4.69, 9.17) is 4.74 Å². The van der Waals surface area contributed by atoms with Crippen molar-refractivity contribution in [3.8, 4) is 5.75 Å². The van der Waals surface area contributed by atoms with Crippen LogP contribution in [0.3, 0.4) is 0 Å². The van der Waals surface area contributed by atoms with Crippen LogP contribution < -0.4 is 15.4 Å². The molecule has 1 aliphatic rings. The highest BCUT2D eigenvalue weighted by Crippen LogP contribution is 2.25. The lowest BCUT2D eigenvalue weighted by atomic mass is 10.1. The smallest absolute Gasteiger partial charge is 0.323 e. The minimum Gasteiger partial charge on any atom is -0.489 e. The minimum absolute atomic E-state index is 0.210. The van der Waals surface area contributed by atoms with Gasteiger partial charge in [-0.05, 0) is 44.9 Å². The number of pyridine rings is 1. The van der Waals surface area contributed by atoms with Crippen molar-refractivity contribution < 1.29 is 22.3 Å². The topological polar surface area (TPSA) is 101 Å². The highest BCUT2D eigenvalue weighted by Gasteiger charge is 2.32. The fraction of sp³-hybridized carbons (Fsp3) is 0.400. The number of benzene rings is 1. The fourth-order valence-electron chi connectivity index (χ4n) is 3.16. The lowest BCUT2D eigenvalue weighted by Gasteiger charge is -2.33. The van der Waals surface area contributed by atoms with Crippen LogP contribution in [0.25, 0.3) is 0 Å². The van der Waals surface area contributed by atoms with Crippen LogP contribution in [0.4, 0.5) is 20.6 Å². The molecule has 1 saturated heterocycles. The summed E-state index contributed by atoms with van der Waals surface area (Å²) >= 11 is 0. The normalized spacial score (nSPS) is 17.5. The third-order valence-corrected chi connectivity index (χ3v) is 6.89. The monoisotopic (exact) mass is 436 g/mol. The van der Waals surface area contributed by atoms with Crippen LogP contribution in [0.1, 0.15) is 26.7 Å². The van der Waals surface area contributed by atoms with Crippen LogP contribution in [0.15, 0.2) is 42.7 Å². The van der Waals surface area contributed by atoms with E-state index in [0.717, 1.165) is 0 Å². The Balaban J connectivity index is 1.65. The molecule has 0 saturated carbocycles. The van der Waals surface area contributed by atoms with Crippen molar-refractivity contribution in [2.24, 2.45) is 0 Å². The van der Waals surface area contributed by atoms with Crippen molar-refractivity contribution in [1.29, 1.82) is 0 Å². The van der Waals surface area contributed by atoms with Gasteiger partial charge < -0.3 is 15.4 Å². The van der Waals surface area contributed by atoms with Crippen molar-refractivity contribution in [3.63, 3.8) is 0 Å². The van der Waals surface area contributed by atoms with Gasteiger partial charge in [-0.2, -0.15) is 4.31 Å². The number of halogens is 1. The number of piperidine rings is 1. The number of hydrogen-bond acceptors (Lipinski definition) is 5. The number of carbonyl (C=O) groups is 1. The van der Waals surface area contributed by atoms with Gasteiger partial charge in [0.15, 0.2) is 0 Å². The molecule has 30 heavy (non-hydrogen) atoms. The third kappa shape index (κ3) is 5.67. The summed E-state index contributed by atoms with van der Waals surface area (Å²) in [5, 5.41) is 4.63. The average molecular weight is 437 g/mol. The molecule has 162 valence electrons. The highest BCUT2D eigenvalue weighted by atomic mass is 32.2. The van der Waals surface area contributed by atoms with Gasteiger partial charge in [-0.25, -0.2) is 17.6 Å². The predicted molar refractivity (Wildman–Crippen MR) is 113 cm³/mol. The molecule has 2 N–H and O–H groups in total. The summed E-state index contributed by atoms with van der Waals surface area (Å²) in [5.74, 6) is -0.355. The second kappa shape index (κ2) is 9.40. The number of carbonyl (C=O) groups excluding carboxylic acids is 1. The van der Waals surface area contributed by atoms with Crippen molar-refractivity contribution in [2.45, 2.75) is 38.0 Å². The number of hydrogen-bond donors (Lipinski definition) is 2. The number of aromatic nitrogens is 1. The molecule has 1 aromatic heterocycles. The van der Waals surface area contributed by atoms with Crippen molar-refractivity contribution in [1.82, 2.24) is 9.29 Å². The second-order valence-electron chi connectivity index (χ2n) is 7.33. The van der Waals surface area contributed by atoms with E-state index in [-0.39, 0.29) is 18.0 Å². The van der Waals surface area contributed by atoms with E-state index in [0.29, 0.717) is 25.1 Å². The Bertz CT molecular complexity index is 986. The average Bonchev–Trinajstić information content (AvgIpc) is 2.68. The number of nitrogens with one attached hydrogen (secondary N) is 2. The summed E-state index contributed by atoms with van der Waals surface area (Å²) < 4.78 is 46.2. The van der Waals surface area contributed by atoms with Gasteiger partial charge in [0.1, 0.15) is 17.7 Å². The summed E-state index contributed by atoms with van der Waals surface area (Å²) in [6, 6.07) is 6.68. The first-order valence-corrected chi connectivity index (χ1v) is 11.2. The lowest BCUT2D eigenvalue weighted by molar-refractivity contribution is 0.129. The number of nitrogens with zero attached hydrogens (tertiary/aromatic N) is 2. The van der Waals surface area contributed by atoms with E-state index >= 15 is 0 Å². The first kappa shape index (κ1) is 22.0. The largest absolute Gasteiger partial charge is 0.489 e. The summed E-state index contributed by atoms with van der Waals surface area (Å²) in [4.78, 5) is 16.0. The summed E-state index contributed by atoms with van der Waals surface area (Å²) in [6.07, 6.45) is 3.99. The molecule has 1 aliphatic heterocycles. The first-order valence-electron chi connectivity index (χ1n) is 9.68. The van der Waals surface area contributed by atoms with Gasteiger partial charge in [-0.15, -0.1) is 0 Å². The van der Waals surface area contributed by atoms with E-state index in [1.807, 2.05) is 0 Å². The molecule has 2 heterocycles. The van der Waals surface area contributed by atoms with Gasteiger partial charge in [0.2, 0.25) is 10.0 Å². The quantitative estimate of drug-likeness (QED) is 0.722. The first-order chi connectivity index (χ1) is 14.2. The van der Waals surface area contributed by atoms with E-state index in [1.165, 1.54) is 28.7 Å². The Hall–Kier alpha value is -2.72. The molecule has 10 heteroatoms. The standard InChI is InChI=1S/C20H25FN4O4S/c1-14(2)30(27,28)25-8-4-6-18(13-25)29-19-10-15(21)9-17(11-19)24-20(26)23-16-5-3-7-22-12-16/h3,5,7,9-12,14,18H,4,6,8,13H2,1-2H3,(H2,23,24,26)/t18-/m0/s1. The number of sulfonamides is 1. The van der Waals surface area contributed by atoms with E-state index in [2.05, 4.69) is 15.6 Å². The molecule has 0 aliphatic carbocycles. The highest BCUT2D eigenvalue weighted by molar-refractivity contribution is 7.89. The van der Waals surface area contributed by atoms with Crippen LogP contribution >= 0.6 is 0 Å². The molecule has 0 bridgehead atoms. The number of anilines is 2. The van der Waals surface area contributed by atoms with Crippen LogP contribution in [0, 0.1) is 5.82 Å². The molecular formula is C20H25FN4O4S. The molecule has 8 nitrogen and oxygen atoms in total. The molecule has 3 rings (SSSR count). The zero-order valence-corrected chi connectivity index (χ0v) is 17.7. The van der Waals surface area contributed by atoms with Gasteiger partial charge in [0.25, 0.3) is 0 Å². The predicted octanol–water partition coefficient (Wildman–Crippen LogP) is 3.45. The van der Waals surface area contributed by atoms with Crippen molar-refractivity contribution in [2.75, 3.05) is 23.7 Å². The molecule has 0 spiro atoms. The number of ether oxygens (including phenoxy) is 1. The fourth-order valence-corrected chi connectivity index (χ4v) is 4.51. The minimum atomic E-state index is -3.38. The summed E-state index contributed by atoms with van der Waals surface area (Å²) in [7, 11) is -3.38. The zero-order chi connectivity index (χ0) is 21.7. The van der Waals surface area contributed by atoms with E-state index in [1.54, 1.807) is 32.2 Å². The molecule has 1 aromatic carbocycles. The van der Waals surface area contributed by atoms with Gasteiger partial charge in [-0.1, -0.05) is 0 Å². The molecular weight excluding hydrogens is 411 g/mol. The van der Waals surface area contributed by atoms with Crippen molar-refractivity contribution in [3.05, 3.63) is 48.5 Å². The van der Waals surface area contributed by atoms with E-state index in [9.17, 15) is 17.6 Å². The maximum absolute atomic E-state index is 14.1. The number of amides is 2. The Morgan fingerprint density at radius 2 is 2.03 bits per heavy atom. The summed E-state index contributed by atoms with van der Waals surface area (Å²) in [5.41, 5.74) is 0.713. The van der Waals surface area contributed by atoms with Crippen LogP contribution in [-0.4, -0.2) is 48.2 Å². The van der Waals surface area contributed by atoms with Gasteiger partial charge >= 0.3 is 6.03 Å². The number of urea groups is 1. The van der Waals surface area contributed by atoms with Crippen LogP contribution in [0.5, 0.6) is 5.75 Å². The lowest BCUT2D eigenvalue weighted by Crippen LogP contribution is -2.46. The molecule has 0 radical (unpaired) electrons. The molecule has 2 aromatic rings. The Kier molecular flexibility index (Phi) is 6.88. The Morgan fingerprint density at radius 3 is 2.73 bits per heavy atom. The van der Waals surface area contributed by atoms with E-state index < -0.39 is 33.2 Å².